The minimum atomic E-state index is -0.577. The van der Waals surface area contributed by atoms with E-state index in [4.69, 9.17) is 42.0 Å². The zero-order chi connectivity index (χ0) is 52.9. The molecule has 3 aromatic heterocycles. The van der Waals surface area contributed by atoms with Gasteiger partial charge in [-0.3, -0.25) is 0 Å². The van der Waals surface area contributed by atoms with Crippen molar-refractivity contribution in [3.8, 4) is 68.5 Å². The zero-order valence-electron chi connectivity index (χ0n) is 40.3. The van der Waals surface area contributed by atoms with Gasteiger partial charge in [0, 0.05) is 51.6 Å². The molecule has 4 aromatic carbocycles. The fourth-order valence-electron chi connectivity index (χ4n) is 6.78. The molecule has 0 aliphatic heterocycles. The molecule has 75 heavy (non-hydrogen) atoms. The molecular formula is C54H48N6O15. The Morgan fingerprint density at radius 1 is 0.373 bits per heavy atom. The molecule has 0 radical (unpaired) electrons. The largest absolute Gasteiger partial charge is 0.463 e. The third-order valence-electron chi connectivity index (χ3n) is 10.6. The lowest BCUT2D eigenvalue weighted by Gasteiger charge is -2.06. The lowest BCUT2D eigenvalue weighted by molar-refractivity contribution is -0.138. The smallest absolute Gasteiger partial charge is 0.338 e. The monoisotopic (exact) mass is 1020 g/mol. The predicted octanol–water partition coefficient (Wildman–Crippen LogP) is 8.84. The minimum Gasteiger partial charge on any atom is -0.463 e. The van der Waals surface area contributed by atoms with Crippen LogP contribution >= 0.6 is 0 Å². The van der Waals surface area contributed by atoms with E-state index in [1.54, 1.807) is 91.0 Å². The van der Waals surface area contributed by atoms with Crippen molar-refractivity contribution in [3.63, 3.8) is 0 Å². The highest BCUT2D eigenvalue weighted by Crippen LogP contribution is 2.34. The van der Waals surface area contributed by atoms with E-state index >= 15 is 0 Å². The van der Waals surface area contributed by atoms with Crippen LogP contribution in [-0.4, -0.2) is 106 Å². The van der Waals surface area contributed by atoms with E-state index in [0.717, 1.165) is 18.2 Å². The number of unbranched alkanes of at least 4 members (excludes halogenated alkanes) is 3. The van der Waals surface area contributed by atoms with E-state index in [1.807, 2.05) is 0 Å². The van der Waals surface area contributed by atoms with Crippen LogP contribution in [0.4, 0.5) is 0 Å². The number of aromatic nitrogens is 6. The molecule has 0 bridgehead atoms. The van der Waals surface area contributed by atoms with Gasteiger partial charge in [-0.15, -0.1) is 0 Å². The summed E-state index contributed by atoms with van der Waals surface area (Å²) in [6.07, 6.45) is 6.10. The number of ether oxygens (including phenoxy) is 6. The Kier molecular flexibility index (Phi) is 18.9. The van der Waals surface area contributed by atoms with Crippen LogP contribution < -0.4 is 0 Å². The molecule has 0 aliphatic rings. The minimum absolute atomic E-state index is 0.0469. The number of nitrogens with zero attached hydrogens (tertiary/aromatic N) is 6. The summed E-state index contributed by atoms with van der Waals surface area (Å²) in [6, 6.07) is 24.5. The highest BCUT2D eigenvalue weighted by molar-refractivity contribution is 5.92. The molecule has 0 amide bonds. The molecule has 21 heteroatoms. The van der Waals surface area contributed by atoms with Crippen molar-refractivity contribution in [1.29, 1.82) is 0 Å². The van der Waals surface area contributed by atoms with Crippen molar-refractivity contribution >= 4 is 35.8 Å². The van der Waals surface area contributed by atoms with Gasteiger partial charge in [0.25, 0.3) is 17.7 Å². The summed E-state index contributed by atoms with van der Waals surface area (Å²) in [7, 11) is 0. The molecule has 0 saturated heterocycles. The quantitative estimate of drug-likeness (QED) is 0.0201. The molecule has 7 rings (SSSR count). The third kappa shape index (κ3) is 15.2. The highest BCUT2D eigenvalue weighted by atomic mass is 16.6. The Labute approximate surface area is 428 Å². The van der Waals surface area contributed by atoms with Gasteiger partial charge in [-0.1, -0.05) is 71.6 Å². The van der Waals surface area contributed by atoms with E-state index in [0.29, 0.717) is 71.9 Å². The summed E-state index contributed by atoms with van der Waals surface area (Å²) < 4.78 is 48.4. The van der Waals surface area contributed by atoms with Gasteiger partial charge in [0.2, 0.25) is 17.5 Å². The first-order valence-corrected chi connectivity index (χ1v) is 23.4. The predicted molar refractivity (Wildman–Crippen MR) is 265 cm³/mol. The topological polar surface area (TPSA) is 275 Å². The van der Waals surface area contributed by atoms with Crippen molar-refractivity contribution < 1.29 is 70.8 Å². The molecule has 384 valence electrons. The summed E-state index contributed by atoms with van der Waals surface area (Å²) in [5.74, 6) is -2.73. The van der Waals surface area contributed by atoms with Gasteiger partial charge in [-0.25, -0.2) is 28.8 Å². The molecule has 7 aromatic rings. The van der Waals surface area contributed by atoms with E-state index in [2.05, 4.69) is 50.2 Å². The first-order chi connectivity index (χ1) is 36.5. The molecular weight excluding hydrogens is 973 g/mol. The van der Waals surface area contributed by atoms with Gasteiger partial charge < -0.3 is 42.0 Å². The van der Waals surface area contributed by atoms with Crippen molar-refractivity contribution in [2.24, 2.45) is 0 Å². The number of benzene rings is 4. The van der Waals surface area contributed by atoms with E-state index in [-0.39, 0.29) is 91.5 Å². The molecule has 0 atom stereocenters. The first-order valence-electron chi connectivity index (χ1n) is 23.4. The van der Waals surface area contributed by atoms with E-state index in [1.165, 1.54) is 0 Å². The van der Waals surface area contributed by atoms with Gasteiger partial charge in [-0.2, -0.15) is 15.0 Å². The lowest BCUT2D eigenvalue weighted by Crippen LogP contribution is -2.08. The van der Waals surface area contributed by atoms with Crippen LogP contribution in [0.2, 0.25) is 0 Å². The standard InChI is InChI=1S/C54H48N6O15/c1-4-43(61)67-22-7-10-25-70-52(64)37-19-13-16-34(28-37)46-55-49(73-58-46)40-31-41(50-56-47(59-74-50)35-17-14-20-38(29-35)53(65)71-26-11-8-23-68-44(62)5-2)33-42(32-40)51-57-48(60-75-51)36-18-15-21-39(30-36)54(66)72-27-12-9-24-69-45(63)6-3/h4-6,13-21,28-33H,1-3,7-12,22-27H2. The molecule has 0 saturated carbocycles. The maximum atomic E-state index is 13.0. The number of esters is 6. The number of rotatable bonds is 27. The third-order valence-corrected chi connectivity index (χ3v) is 10.6. The Morgan fingerprint density at radius 2 is 0.640 bits per heavy atom. The van der Waals surface area contributed by atoms with Crippen molar-refractivity contribution in [1.82, 2.24) is 30.4 Å². The fourth-order valence-corrected chi connectivity index (χ4v) is 6.78. The Bertz CT molecular complexity index is 2850. The van der Waals surface area contributed by atoms with Crippen LogP contribution in [0, 0.1) is 0 Å². The average molecular weight is 1020 g/mol. The summed E-state index contributed by atoms with van der Waals surface area (Å²) in [5, 5.41) is 12.6. The second-order valence-electron chi connectivity index (χ2n) is 16.0. The molecule has 3 heterocycles. The maximum absolute atomic E-state index is 13.0. The van der Waals surface area contributed by atoms with Crippen LogP contribution in [0.5, 0.6) is 0 Å². The lowest BCUT2D eigenvalue weighted by atomic mass is 10.0. The van der Waals surface area contributed by atoms with Crippen LogP contribution in [-0.2, 0) is 42.8 Å². The number of carbonyl (C=O) groups is 6. The van der Waals surface area contributed by atoms with Gasteiger partial charge in [0.1, 0.15) is 0 Å². The zero-order valence-corrected chi connectivity index (χ0v) is 40.3. The fraction of sp³-hybridized carbons (Fsp3) is 0.222. The van der Waals surface area contributed by atoms with Crippen molar-refractivity contribution in [2.45, 2.75) is 38.5 Å². The van der Waals surface area contributed by atoms with Crippen molar-refractivity contribution in [3.05, 3.63) is 146 Å². The molecule has 21 nitrogen and oxygen atoms in total. The van der Waals surface area contributed by atoms with Gasteiger partial charge >= 0.3 is 35.8 Å². The average Bonchev–Trinajstić information content (AvgIpc) is 4.27. The van der Waals surface area contributed by atoms with Crippen LogP contribution in [0.15, 0.2) is 143 Å². The van der Waals surface area contributed by atoms with E-state index < -0.39 is 35.8 Å². The Morgan fingerprint density at radius 3 is 0.907 bits per heavy atom. The number of hydrogen-bond donors (Lipinski definition) is 0. The van der Waals surface area contributed by atoms with Crippen molar-refractivity contribution in [2.75, 3.05) is 39.6 Å². The maximum Gasteiger partial charge on any atom is 0.338 e. The highest BCUT2D eigenvalue weighted by Gasteiger charge is 2.22. The molecule has 0 spiro atoms. The summed E-state index contributed by atoms with van der Waals surface area (Å²) in [6.45, 7) is 10.9. The second kappa shape index (κ2) is 26.7. The Balaban J connectivity index is 1.11. The van der Waals surface area contributed by atoms with Gasteiger partial charge in [0.15, 0.2) is 0 Å². The van der Waals surface area contributed by atoms with Crippen LogP contribution in [0.25, 0.3) is 68.5 Å². The second-order valence-corrected chi connectivity index (χ2v) is 16.0. The number of hydrogen-bond acceptors (Lipinski definition) is 21. The number of carbonyl (C=O) groups excluding carboxylic acids is 6. The van der Waals surface area contributed by atoms with Crippen LogP contribution in [0.1, 0.15) is 69.6 Å². The van der Waals surface area contributed by atoms with E-state index in [9.17, 15) is 28.8 Å². The normalized spacial score (nSPS) is 10.7. The van der Waals surface area contributed by atoms with Gasteiger partial charge in [-0.05, 0) is 93.1 Å². The first kappa shape index (κ1) is 53.1. The SMILES string of the molecule is C=CC(=O)OCCCCOC(=O)c1cccc(-c2noc(-c3cc(-c4nc(-c5cccc(C(=O)OCCCCOC(=O)C=C)c5)no4)cc(-c4nc(-c5cccc(C(=O)OCCCCOC(=O)C=C)c5)no4)c3)n2)c1. The summed E-state index contributed by atoms with van der Waals surface area (Å²) >= 11 is 0. The van der Waals surface area contributed by atoms with Gasteiger partial charge in [0.05, 0.1) is 56.3 Å². The molecule has 0 unspecified atom stereocenters. The molecule has 0 fully saturated rings. The molecule has 0 N–H and O–H groups in total. The Hall–Kier alpha value is -9.66. The summed E-state index contributed by atoms with van der Waals surface area (Å²) in [5.41, 5.74) is 3.17. The van der Waals surface area contributed by atoms with Crippen LogP contribution in [0.3, 0.4) is 0 Å². The molecule has 0 aliphatic carbocycles. The summed E-state index contributed by atoms with van der Waals surface area (Å²) in [4.78, 5) is 86.6.